The first kappa shape index (κ1) is 18.7. The van der Waals surface area contributed by atoms with Gasteiger partial charge in [0, 0.05) is 29.8 Å². The van der Waals surface area contributed by atoms with Crippen LogP contribution in [0.5, 0.6) is 11.5 Å². The van der Waals surface area contributed by atoms with Crippen molar-refractivity contribution < 1.29 is 13.9 Å². The Hall–Kier alpha value is -3.60. The minimum atomic E-state index is -0.315. The van der Waals surface area contributed by atoms with E-state index in [9.17, 15) is 4.39 Å². The molecule has 5 heteroatoms. The molecule has 0 saturated heterocycles. The highest BCUT2D eigenvalue weighted by molar-refractivity contribution is 5.86. The molecule has 0 atom stereocenters. The fourth-order valence-corrected chi connectivity index (χ4v) is 3.28. The summed E-state index contributed by atoms with van der Waals surface area (Å²) in [6, 6.07) is 20.3. The first-order valence-electron chi connectivity index (χ1n) is 9.30. The molecule has 0 spiro atoms. The third-order valence-electron chi connectivity index (χ3n) is 4.81. The molecular weight excluding hydrogens is 367 g/mol. The second-order valence-electron chi connectivity index (χ2n) is 6.79. The normalized spacial score (nSPS) is 10.8. The van der Waals surface area contributed by atoms with Gasteiger partial charge in [-0.25, -0.2) is 4.39 Å². The number of nitrogen functional groups attached to an aromatic ring is 1. The van der Waals surface area contributed by atoms with Crippen LogP contribution < -0.4 is 15.2 Å². The number of ether oxygens (including phenoxy) is 2. The van der Waals surface area contributed by atoms with Crippen molar-refractivity contribution in [1.82, 2.24) is 4.98 Å². The number of pyridine rings is 1. The van der Waals surface area contributed by atoms with Crippen LogP contribution in [0.15, 0.2) is 72.9 Å². The number of methoxy groups -OCH3 is 1. The van der Waals surface area contributed by atoms with Gasteiger partial charge < -0.3 is 15.2 Å². The minimum absolute atomic E-state index is 0.315. The van der Waals surface area contributed by atoms with Crippen molar-refractivity contribution in [2.24, 2.45) is 0 Å². The lowest BCUT2D eigenvalue weighted by molar-refractivity contribution is 0.285. The van der Waals surface area contributed by atoms with Crippen LogP contribution in [-0.4, -0.2) is 12.1 Å². The second kappa shape index (κ2) is 8.19. The molecule has 0 bridgehead atoms. The van der Waals surface area contributed by atoms with Crippen molar-refractivity contribution in [3.05, 3.63) is 95.4 Å². The molecule has 0 radical (unpaired) electrons. The molecule has 1 heterocycles. The number of halogens is 1. The Labute approximate surface area is 168 Å². The van der Waals surface area contributed by atoms with Crippen LogP contribution in [0, 0.1) is 5.82 Å². The van der Waals surface area contributed by atoms with Crippen molar-refractivity contribution in [3.8, 4) is 11.5 Å². The Morgan fingerprint density at radius 3 is 2.52 bits per heavy atom. The van der Waals surface area contributed by atoms with Crippen molar-refractivity contribution in [2.45, 2.75) is 13.0 Å². The van der Waals surface area contributed by atoms with Crippen LogP contribution in [-0.2, 0) is 13.0 Å². The summed E-state index contributed by atoms with van der Waals surface area (Å²) in [5.74, 6) is 0.914. The van der Waals surface area contributed by atoms with Crippen molar-refractivity contribution in [3.63, 3.8) is 0 Å². The van der Waals surface area contributed by atoms with E-state index in [0.29, 0.717) is 35.8 Å². The van der Waals surface area contributed by atoms with Crippen molar-refractivity contribution in [1.29, 1.82) is 0 Å². The van der Waals surface area contributed by atoms with E-state index < -0.39 is 0 Å². The van der Waals surface area contributed by atoms with Crippen molar-refractivity contribution >= 4 is 16.6 Å². The molecule has 4 rings (SSSR count). The predicted octanol–water partition coefficient (Wildman–Crippen LogP) is 5.13. The van der Waals surface area contributed by atoms with Crippen LogP contribution in [0.3, 0.4) is 0 Å². The van der Waals surface area contributed by atoms with E-state index in [0.717, 1.165) is 22.0 Å². The molecule has 0 aliphatic carbocycles. The van der Waals surface area contributed by atoms with Crippen LogP contribution in [0.1, 0.15) is 16.7 Å². The number of anilines is 1. The molecule has 146 valence electrons. The first-order valence-corrected chi connectivity index (χ1v) is 9.30. The monoisotopic (exact) mass is 388 g/mol. The summed E-state index contributed by atoms with van der Waals surface area (Å²) in [6.45, 7) is 0.430. The molecule has 0 fully saturated rings. The molecule has 0 aliphatic rings. The summed E-state index contributed by atoms with van der Waals surface area (Å²) >= 11 is 0. The maximum Gasteiger partial charge on any atom is 0.163 e. The quantitative estimate of drug-likeness (QED) is 0.465. The van der Waals surface area contributed by atoms with Gasteiger partial charge in [0.25, 0.3) is 0 Å². The largest absolute Gasteiger partial charge is 0.493 e. The molecule has 4 aromatic rings. The number of nitrogens with two attached hydrogens (primary N) is 1. The maximum absolute atomic E-state index is 14.3. The molecule has 29 heavy (non-hydrogen) atoms. The first-order chi connectivity index (χ1) is 14.1. The number of rotatable bonds is 6. The molecule has 1 aromatic heterocycles. The summed E-state index contributed by atoms with van der Waals surface area (Å²) in [6.07, 6.45) is 2.15. The average molecular weight is 388 g/mol. The number of benzene rings is 3. The fraction of sp³-hybridized carbons (Fsp3) is 0.125. The lowest BCUT2D eigenvalue weighted by Gasteiger charge is -2.14. The molecule has 0 saturated carbocycles. The topological polar surface area (TPSA) is 57.4 Å². The van der Waals surface area contributed by atoms with Crippen LogP contribution in [0.4, 0.5) is 10.1 Å². The Kier molecular flexibility index (Phi) is 5.29. The van der Waals surface area contributed by atoms with Gasteiger partial charge in [-0.15, -0.1) is 0 Å². The number of hydrogen-bond acceptors (Lipinski definition) is 4. The van der Waals surface area contributed by atoms with Gasteiger partial charge >= 0.3 is 0 Å². The second-order valence-corrected chi connectivity index (χ2v) is 6.79. The highest BCUT2D eigenvalue weighted by Crippen LogP contribution is 2.34. The van der Waals surface area contributed by atoms with Crippen LogP contribution >= 0.6 is 0 Å². The predicted molar refractivity (Wildman–Crippen MR) is 113 cm³/mol. The van der Waals surface area contributed by atoms with Crippen LogP contribution in [0.25, 0.3) is 10.9 Å². The molecule has 0 amide bonds. The number of hydrogen-bond donors (Lipinski definition) is 1. The maximum atomic E-state index is 14.3. The number of aromatic nitrogens is 1. The molecule has 0 aliphatic heterocycles. The zero-order valence-electron chi connectivity index (χ0n) is 16.1. The van der Waals surface area contributed by atoms with E-state index >= 15 is 0 Å². The summed E-state index contributed by atoms with van der Waals surface area (Å²) in [4.78, 5) is 4.46. The Morgan fingerprint density at radius 1 is 0.931 bits per heavy atom. The fourth-order valence-electron chi connectivity index (χ4n) is 3.28. The van der Waals surface area contributed by atoms with E-state index in [2.05, 4.69) is 4.98 Å². The van der Waals surface area contributed by atoms with Gasteiger partial charge in [0.15, 0.2) is 11.5 Å². The Morgan fingerprint density at radius 2 is 1.76 bits per heavy atom. The number of fused-ring (bicyclic) bond motifs is 1. The minimum Gasteiger partial charge on any atom is -0.493 e. The van der Waals surface area contributed by atoms with Gasteiger partial charge in [-0.3, -0.25) is 4.98 Å². The van der Waals surface area contributed by atoms with Gasteiger partial charge in [0.2, 0.25) is 0 Å². The zero-order chi connectivity index (χ0) is 20.2. The SMILES string of the molecule is COc1cc2c(Cc3ccc(N)cc3F)ccnc2cc1OCc1ccccc1. The van der Waals surface area contributed by atoms with Gasteiger partial charge in [-0.2, -0.15) is 0 Å². The third-order valence-corrected chi connectivity index (χ3v) is 4.81. The standard InChI is InChI=1S/C24H21FN2O2/c1-28-23-13-20-17(11-18-7-8-19(26)12-21(18)25)9-10-27-22(20)14-24(23)29-15-16-5-3-2-4-6-16/h2-10,12-14H,11,15,26H2,1H3. The van der Waals surface area contributed by atoms with Crippen molar-refractivity contribution in [2.75, 3.05) is 12.8 Å². The summed E-state index contributed by atoms with van der Waals surface area (Å²) in [5.41, 5.74) is 9.43. The Bertz CT molecular complexity index is 1150. The smallest absolute Gasteiger partial charge is 0.163 e. The average Bonchev–Trinajstić information content (AvgIpc) is 2.74. The van der Waals surface area contributed by atoms with Crippen LogP contribution in [0.2, 0.25) is 0 Å². The summed E-state index contributed by atoms with van der Waals surface area (Å²) in [7, 11) is 1.60. The van der Waals surface area contributed by atoms with E-state index in [1.807, 2.05) is 48.5 Å². The van der Waals surface area contributed by atoms with Gasteiger partial charge in [-0.05, 0) is 41.0 Å². The van der Waals surface area contributed by atoms with Gasteiger partial charge in [0.05, 0.1) is 12.6 Å². The zero-order valence-corrected chi connectivity index (χ0v) is 16.1. The lowest BCUT2D eigenvalue weighted by atomic mass is 10.00. The molecule has 4 nitrogen and oxygen atoms in total. The molecular formula is C24H21FN2O2. The van der Waals surface area contributed by atoms with E-state index in [1.54, 1.807) is 25.4 Å². The van der Waals surface area contributed by atoms with Gasteiger partial charge in [-0.1, -0.05) is 36.4 Å². The third kappa shape index (κ3) is 4.14. The van der Waals surface area contributed by atoms with E-state index in [1.165, 1.54) is 6.07 Å². The number of nitrogens with zero attached hydrogens (tertiary/aromatic N) is 1. The summed E-state index contributed by atoms with van der Waals surface area (Å²) < 4.78 is 25.8. The molecule has 0 unspecified atom stereocenters. The van der Waals surface area contributed by atoms with E-state index in [4.69, 9.17) is 15.2 Å². The lowest BCUT2D eigenvalue weighted by Crippen LogP contribution is -2.00. The highest BCUT2D eigenvalue weighted by atomic mass is 19.1. The highest BCUT2D eigenvalue weighted by Gasteiger charge is 2.13. The van der Waals surface area contributed by atoms with Gasteiger partial charge in [0.1, 0.15) is 12.4 Å². The Balaban J connectivity index is 1.67. The van der Waals surface area contributed by atoms with E-state index in [-0.39, 0.29) is 5.82 Å². The summed E-state index contributed by atoms with van der Waals surface area (Å²) in [5, 5.41) is 0.896. The molecule has 2 N–H and O–H groups in total. The molecule has 3 aromatic carbocycles.